The molecule has 3 aromatic carbocycles. The van der Waals surface area contributed by atoms with E-state index in [4.69, 9.17) is 0 Å². The highest BCUT2D eigenvalue weighted by Crippen LogP contribution is 2.33. The number of rotatable bonds is 7. The summed E-state index contributed by atoms with van der Waals surface area (Å²) in [4.78, 5) is 0. The summed E-state index contributed by atoms with van der Waals surface area (Å²) in [5.41, 5.74) is 2.24. The largest absolute Gasteiger partial charge is 0.380 e. The van der Waals surface area contributed by atoms with E-state index in [1.165, 1.54) is 5.56 Å². The lowest BCUT2D eigenvalue weighted by atomic mass is 9.83. The molecule has 0 amide bonds. The first-order valence-corrected chi connectivity index (χ1v) is 9.19. The van der Waals surface area contributed by atoms with Crippen molar-refractivity contribution < 1.29 is 9.59 Å². The predicted molar refractivity (Wildman–Crippen MR) is 108 cm³/mol. The van der Waals surface area contributed by atoms with Gasteiger partial charge in [-0.25, -0.2) is 0 Å². The van der Waals surface area contributed by atoms with E-state index in [9.17, 15) is 5.11 Å². The molecule has 0 radical (unpaired) electrons. The van der Waals surface area contributed by atoms with Crippen LogP contribution in [0.25, 0.3) is 0 Å². The van der Waals surface area contributed by atoms with Gasteiger partial charge in [0, 0.05) is 12.0 Å². The van der Waals surface area contributed by atoms with Crippen molar-refractivity contribution in [1.82, 2.24) is 0 Å². The summed E-state index contributed by atoms with van der Waals surface area (Å²) in [6.45, 7) is 1.82. The van der Waals surface area contributed by atoms with E-state index in [1.807, 2.05) is 66.7 Å². The van der Waals surface area contributed by atoms with Crippen LogP contribution in [0.3, 0.4) is 0 Å². The molecule has 0 fully saturated rings. The second-order valence-corrected chi connectivity index (χ2v) is 7.65. The van der Waals surface area contributed by atoms with Gasteiger partial charge in [-0.1, -0.05) is 91.0 Å². The second-order valence-electron chi connectivity index (χ2n) is 7.65. The van der Waals surface area contributed by atoms with Crippen LogP contribution in [-0.4, -0.2) is 30.2 Å². The van der Waals surface area contributed by atoms with Crippen LogP contribution in [0.1, 0.15) is 23.1 Å². The molecule has 0 aliphatic rings. The molecule has 0 aromatic heterocycles. The van der Waals surface area contributed by atoms with Gasteiger partial charge in [-0.15, -0.1) is 0 Å². The van der Waals surface area contributed by atoms with Crippen LogP contribution in [0.4, 0.5) is 0 Å². The van der Waals surface area contributed by atoms with Crippen LogP contribution in [0.15, 0.2) is 91.0 Å². The molecule has 0 saturated carbocycles. The summed E-state index contributed by atoms with van der Waals surface area (Å²) in [7, 11) is 4.45. The zero-order valence-corrected chi connectivity index (χ0v) is 15.7. The first-order chi connectivity index (χ1) is 12.5. The van der Waals surface area contributed by atoms with E-state index < -0.39 is 5.60 Å². The average Bonchev–Trinajstić information content (AvgIpc) is 2.68. The maximum absolute atomic E-state index is 11.7. The topological polar surface area (TPSA) is 20.2 Å². The SMILES string of the molecule is C[N+](C)(CCC(O)(c1ccccc1)c1ccccc1)Cc1ccccc1. The lowest BCUT2D eigenvalue weighted by Gasteiger charge is -2.35. The summed E-state index contributed by atoms with van der Waals surface area (Å²) >= 11 is 0. The van der Waals surface area contributed by atoms with Gasteiger partial charge in [0.05, 0.1) is 20.6 Å². The molecule has 0 unspecified atom stereocenters. The summed E-state index contributed by atoms with van der Waals surface area (Å²) in [6, 6.07) is 30.6. The number of nitrogens with zero attached hydrogens (tertiary/aromatic N) is 1. The standard InChI is InChI=1S/C24H28NO/c1-25(2,20-21-12-6-3-7-13-21)19-18-24(26,22-14-8-4-9-15-22)23-16-10-5-11-17-23/h3-17,26H,18-20H2,1-2H3/q+1. The average molecular weight is 346 g/mol. The fraction of sp³-hybridized carbons (Fsp3) is 0.250. The maximum Gasteiger partial charge on any atom is 0.120 e. The van der Waals surface area contributed by atoms with Crippen molar-refractivity contribution in [1.29, 1.82) is 0 Å². The molecule has 0 spiro atoms. The molecule has 0 atom stereocenters. The fourth-order valence-corrected chi connectivity index (χ4v) is 3.50. The quantitative estimate of drug-likeness (QED) is 0.621. The van der Waals surface area contributed by atoms with Crippen LogP contribution in [-0.2, 0) is 12.1 Å². The molecule has 26 heavy (non-hydrogen) atoms. The van der Waals surface area contributed by atoms with Crippen LogP contribution >= 0.6 is 0 Å². The van der Waals surface area contributed by atoms with Gasteiger partial charge in [0.1, 0.15) is 12.1 Å². The van der Waals surface area contributed by atoms with E-state index in [2.05, 4.69) is 38.4 Å². The summed E-state index contributed by atoms with van der Waals surface area (Å²) in [5.74, 6) is 0. The molecular weight excluding hydrogens is 318 g/mol. The molecule has 3 rings (SSSR count). The molecule has 1 N–H and O–H groups in total. The Kier molecular flexibility index (Phi) is 5.55. The minimum absolute atomic E-state index is 0.668. The van der Waals surface area contributed by atoms with Gasteiger partial charge in [-0.3, -0.25) is 0 Å². The Balaban J connectivity index is 1.83. The maximum atomic E-state index is 11.7. The van der Waals surface area contributed by atoms with Crippen LogP contribution in [0.2, 0.25) is 0 Å². The van der Waals surface area contributed by atoms with Gasteiger partial charge in [0.15, 0.2) is 0 Å². The smallest absolute Gasteiger partial charge is 0.120 e. The van der Waals surface area contributed by atoms with Gasteiger partial charge in [-0.2, -0.15) is 0 Å². The molecule has 3 aromatic rings. The van der Waals surface area contributed by atoms with Gasteiger partial charge in [0.2, 0.25) is 0 Å². The van der Waals surface area contributed by atoms with E-state index in [0.717, 1.165) is 28.7 Å². The normalized spacial score (nSPS) is 12.1. The summed E-state index contributed by atoms with van der Waals surface area (Å²) in [6.07, 6.45) is 0.668. The van der Waals surface area contributed by atoms with Gasteiger partial charge >= 0.3 is 0 Å². The van der Waals surface area contributed by atoms with Crippen LogP contribution in [0.5, 0.6) is 0 Å². The molecule has 0 aliphatic heterocycles. The van der Waals surface area contributed by atoms with Crippen molar-refractivity contribution in [3.05, 3.63) is 108 Å². The van der Waals surface area contributed by atoms with Crippen molar-refractivity contribution in [2.45, 2.75) is 18.6 Å². The van der Waals surface area contributed by atoms with E-state index in [0.29, 0.717) is 6.42 Å². The minimum atomic E-state index is -0.977. The third-order valence-corrected chi connectivity index (χ3v) is 5.04. The lowest BCUT2D eigenvalue weighted by Crippen LogP contribution is -2.43. The van der Waals surface area contributed by atoms with Crippen molar-refractivity contribution >= 4 is 0 Å². The van der Waals surface area contributed by atoms with Gasteiger partial charge < -0.3 is 9.59 Å². The Morgan fingerprint density at radius 2 is 1.12 bits per heavy atom. The van der Waals surface area contributed by atoms with Crippen molar-refractivity contribution in [2.24, 2.45) is 0 Å². The lowest BCUT2D eigenvalue weighted by molar-refractivity contribution is -0.904. The monoisotopic (exact) mass is 346 g/mol. The zero-order valence-electron chi connectivity index (χ0n) is 15.7. The Morgan fingerprint density at radius 3 is 1.58 bits per heavy atom. The van der Waals surface area contributed by atoms with Gasteiger partial charge in [-0.05, 0) is 11.1 Å². The summed E-state index contributed by atoms with van der Waals surface area (Å²) < 4.78 is 0.825. The van der Waals surface area contributed by atoms with Crippen LogP contribution in [0, 0.1) is 0 Å². The van der Waals surface area contributed by atoms with E-state index in [-0.39, 0.29) is 0 Å². The first kappa shape index (κ1) is 18.4. The Labute approximate surface area is 156 Å². The van der Waals surface area contributed by atoms with E-state index >= 15 is 0 Å². The highest BCUT2D eigenvalue weighted by Gasteiger charge is 2.34. The Bertz CT molecular complexity index is 758. The molecule has 0 saturated heterocycles. The number of hydrogen-bond donors (Lipinski definition) is 1. The molecule has 0 heterocycles. The molecule has 2 heteroatoms. The third-order valence-electron chi connectivity index (χ3n) is 5.04. The first-order valence-electron chi connectivity index (χ1n) is 9.19. The Morgan fingerprint density at radius 1 is 0.692 bits per heavy atom. The number of aliphatic hydroxyl groups is 1. The highest BCUT2D eigenvalue weighted by molar-refractivity contribution is 5.35. The van der Waals surface area contributed by atoms with Crippen molar-refractivity contribution in [3.63, 3.8) is 0 Å². The molecule has 0 bridgehead atoms. The molecule has 2 nitrogen and oxygen atoms in total. The number of benzene rings is 3. The number of hydrogen-bond acceptors (Lipinski definition) is 1. The predicted octanol–water partition coefficient (Wildman–Crippen LogP) is 4.59. The minimum Gasteiger partial charge on any atom is -0.380 e. The van der Waals surface area contributed by atoms with Gasteiger partial charge in [0.25, 0.3) is 0 Å². The van der Waals surface area contributed by atoms with Crippen molar-refractivity contribution in [3.8, 4) is 0 Å². The Hall–Kier alpha value is -2.42. The molecule has 0 aliphatic carbocycles. The van der Waals surface area contributed by atoms with E-state index in [1.54, 1.807) is 0 Å². The second kappa shape index (κ2) is 7.86. The molecular formula is C24H28NO+. The third kappa shape index (κ3) is 4.40. The zero-order chi connectivity index (χ0) is 18.5. The molecule has 134 valence electrons. The fourth-order valence-electron chi connectivity index (χ4n) is 3.50. The van der Waals surface area contributed by atoms with Crippen molar-refractivity contribution in [2.75, 3.05) is 20.6 Å². The van der Waals surface area contributed by atoms with Crippen LogP contribution < -0.4 is 0 Å². The summed E-state index contributed by atoms with van der Waals surface area (Å²) in [5, 5.41) is 11.7. The highest BCUT2D eigenvalue weighted by atomic mass is 16.3. The number of quaternary nitrogens is 1.